The normalized spacial score (nSPS) is 10.3. The Morgan fingerprint density at radius 3 is 3.00 bits per heavy atom. The van der Waals surface area contributed by atoms with Gasteiger partial charge in [-0.3, -0.25) is 4.79 Å². The van der Waals surface area contributed by atoms with Crippen molar-refractivity contribution in [3.8, 4) is 0 Å². The van der Waals surface area contributed by atoms with Crippen molar-refractivity contribution in [1.29, 1.82) is 0 Å². The molecule has 0 saturated heterocycles. The first-order valence-corrected chi connectivity index (χ1v) is 4.78. The quantitative estimate of drug-likeness (QED) is 0.445. The Labute approximate surface area is 91.0 Å². The molecule has 0 fully saturated rings. The number of benzene rings is 1. The van der Waals surface area contributed by atoms with E-state index in [1.807, 2.05) is 0 Å². The molecule has 1 aromatic heterocycles. The minimum Gasteiger partial charge on any atom is -0.460 e. The van der Waals surface area contributed by atoms with Crippen molar-refractivity contribution in [2.24, 2.45) is 0 Å². The van der Waals surface area contributed by atoms with E-state index in [4.69, 9.17) is 4.52 Å². The van der Waals surface area contributed by atoms with Gasteiger partial charge < -0.3 is 9.26 Å². The number of nitrogens with zero attached hydrogens (tertiary/aromatic N) is 1. The Morgan fingerprint density at radius 2 is 2.25 bits per heavy atom. The van der Waals surface area contributed by atoms with E-state index in [1.165, 1.54) is 12.3 Å². The molecule has 0 atom stereocenters. The Hall–Kier alpha value is -2.17. The Morgan fingerprint density at radius 1 is 1.44 bits per heavy atom. The third-order valence-corrected chi connectivity index (χ3v) is 2.08. The lowest BCUT2D eigenvalue weighted by Gasteiger charge is -2.00. The van der Waals surface area contributed by atoms with Gasteiger partial charge in [0, 0.05) is 10.9 Å². The van der Waals surface area contributed by atoms with Crippen LogP contribution in [0.3, 0.4) is 0 Å². The van der Waals surface area contributed by atoms with Crippen LogP contribution in [0.25, 0.3) is 11.0 Å². The molecule has 0 amide bonds. The number of carbonyl (C=O) groups is 2. The molecule has 0 spiro atoms. The van der Waals surface area contributed by atoms with Gasteiger partial charge in [0.2, 0.25) is 0 Å². The van der Waals surface area contributed by atoms with Crippen LogP contribution in [0.5, 0.6) is 0 Å². The van der Waals surface area contributed by atoms with Crippen molar-refractivity contribution in [2.45, 2.75) is 6.92 Å². The number of Topliss-reactive ketones (excluding diaryl/α,β-unsaturated/α-hetero) is 1. The lowest BCUT2D eigenvalue weighted by molar-refractivity contribution is -0.137. The number of fused-ring (bicyclic) bond motifs is 1. The van der Waals surface area contributed by atoms with Gasteiger partial charge in [0.05, 0.1) is 12.8 Å². The number of carbonyl (C=O) groups excluding carboxylic acids is 2. The van der Waals surface area contributed by atoms with Gasteiger partial charge in [-0.2, -0.15) is 0 Å². The maximum absolute atomic E-state index is 11.6. The van der Waals surface area contributed by atoms with Crippen LogP contribution < -0.4 is 0 Å². The average Bonchev–Trinajstić information content (AvgIpc) is 2.75. The van der Waals surface area contributed by atoms with E-state index >= 15 is 0 Å². The molecule has 1 aromatic carbocycles. The van der Waals surface area contributed by atoms with E-state index in [9.17, 15) is 9.59 Å². The fraction of sp³-hybridized carbons (Fsp3) is 0.182. The largest absolute Gasteiger partial charge is 0.460 e. The summed E-state index contributed by atoms with van der Waals surface area (Å²) < 4.78 is 9.51. The third kappa shape index (κ3) is 1.79. The second-order valence-corrected chi connectivity index (χ2v) is 3.13. The van der Waals surface area contributed by atoms with Crippen molar-refractivity contribution < 1.29 is 18.8 Å². The summed E-state index contributed by atoms with van der Waals surface area (Å²) in [6.07, 6.45) is 1.54. The molecular formula is C11H9NO4. The molecule has 0 saturated carbocycles. The lowest BCUT2D eigenvalue weighted by Crippen LogP contribution is -2.17. The Balaban J connectivity index is 2.32. The summed E-state index contributed by atoms with van der Waals surface area (Å²) in [5.41, 5.74) is 0.706. The number of ether oxygens (including phenoxy) is 1. The van der Waals surface area contributed by atoms with Gasteiger partial charge in [0.25, 0.3) is 5.78 Å². The highest BCUT2D eigenvalue weighted by atomic mass is 16.5. The molecule has 1 heterocycles. The monoisotopic (exact) mass is 219 g/mol. The van der Waals surface area contributed by atoms with Crippen LogP contribution in [-0.2, 0) is 9.53 Å². The van der Waals surface area contributed by atoms with Gasteiger partial charge >= 0.3 is 5.97 Å². The number of aromatic nitrogens is 1. The van der Waals surface area contributed by atoms with Gasteiger partial charge in [-0.15, -0.1) is 0 Å². The number of rotatable bonds is 3. The Kier molecular flexibility index (Phi) is 2.68. The summed E-state index contributed by atoms with van der Waals surface area (Å²) in [4.78, 5) is 22.8. The summed E-state index contributed by atoms with van der Waals surface area (Å²) in [6.45, 7) is 1.82. The molecule has 5 nitrogen and oxygen atoms in total. The first-order chi connectivity index (χ1) is 7.72. The highest BCUT2D eigenvalue weighted by molar-refractivity contribution is 6.40. The first-order valence-electron chi connectivity index (χ1n) is 4.78. The zero-order valence-corrected chi connectivity index (χ0v) is 8.60. The van der Waals surface area contributed by atoms with E-state index in [0.29, 0.717) is 5.58 Å². The van der Waals surface area contributed by atoms with Crippen molar-refractivity contribution in [3.63, 3.8) is 0 Å². The van der Waals surface area contributed by atoms with E-state index < -0.39 is 11.8 Å². The van der Waals surface area contributed by atoms with E-state index in [1.54, 1.807) is 19.1 Å². The molecule has 82 valence electrons. The van der Waals surface area contributed by atoms with Gasteiger partial charge in [0.1, 0.15) is 0 Å². The number of esters is 1. The summed E-state index contributed by atoms with van der Waals surface area (Å²) >= 11 is 0. The maximum atomic E-state index is 11.6. The average molecular weight is 219 g/mol. The topological polar surface area (TPSA) is 69.4 Å². The van der Waals surface area contributed by atoms with Crippen LogP contribution in [0.4, 0.5) is 0 Å². The second kappa shape index (κ2) is 4.14. The molecule has 5 heteroatoms. The molecule has 0 aliphatic rings. The number of hydrogen-bond donors (Lipinski definition) is 0. The van der Waals surface area contributed by atoms with Crippen LogP contribution in [-0.4, -0.2) is 23.5 Å². The van der Waals surface area contributed by atoms with Crippen molar-refractivity contribution >= 4 is 22.7 Å². The highest BCUT2D eigenvalue weighted by Gasteiger charge is 2.18. The predicted octanol–water partition coefficient (Wildman–Crippen LogP) is 1.57. The van der Waals surface area contributed by atoms with Crippen LogP contribution in [0.2, 0.25) is 0 Å². The van der Waals surface area contributed by atoms with Gasteiger partial charge in [-0.05, 0) is 25.1 Å². The molecule has 0 N–H and O–H groups in total. The van der Waals surface area contributed by atoms with Crippen molar-refractivity contribution in [3.05, 3.63) is 30.0 Å². The molecule has 2 rings (SSSR count). The van der Waals surface area contributed by atoms with Gasteiger partial charge in [-0.25, -0.2) is 4.79 Å². The third-order valence-electron chi connectivity index (χ3n) is 2.08. The van der Waals surface area contributed by atoms with Crippen molar-refractivity contribution in [1.82, 2.24) is 5.16 Å². The zero-order valence-electron chi connectivity index (χ0n) is 8.60. The Bertz CT molecular complexity index is 544. The fourth-order valence-corrected chi connectivity index (χ4v) is 1.32. The second-order valence-electron chi connectivity index (χ2n) is 3.13. The first kappa shape index (κ1) is 10.4. The molecule has 2 aromatic rings. The zero-order chi connectivity index (χ0) is 11.5. The summed E-state index contributed by atoms with van der Waals surface area (Å²) in [6, 6.07) is 4.68. The SMILES string of the molecule is CCOC(=O)C(=O)c1ccc2cnoc2c1. The fourth-order valence-electron chi connectivity index (χ4n) is 1.32. The van der Waals surface area contributed by atoms with Crippen LogP contribution in [0.15, 0.2) is 28.9 Å². The van der Waals surface area contributed by atoms with Crippen LogP contribution >= 0.6 is 0 Å². The highest BCUT2D eigenvalue weighted by Crippen LogP contribution is 2.15. The minimum atomic E-state index is -0.860. The lowest BCUT2D eigenvalue weighted by atomic mass is 10.1. The van der Waals surface area contributed by atoms with E-state index in [2.05, 4.69) is 9.89 Å². The number of ketones is 1. The van der Waals surface area contributed by atoms with E-state index in [-0.39, 0.29) is 12.2 Å². The molecule has 0 unspecified atom stereocenters. The van der Waals surface area contributed by atoms with Crippen LogP contribution in [0.1, 0.15) is 17.3 Å². The standard InChI is InChI=1S/C11H9NO4/c1-2-15-11(14)10(13)7-3-4-8-6-12-16-9(8)5-7/h3-6H,2H2,1H3. The van der Waals surface area contributed by atoms with Crippen molar-refractivity contribution in [2.75, 3.05) is 6.61 Å². The predicted molar refractivity (Wildman–Crippen MR) is 55.0 cm³/mol. The molecule has 0 aliphatic heterocycles. The van der Waals surface area contributed by atoms with E-state index in [0.717, 1.165) is 5.39 Å². The molecular weight excluding hydrogens is 210 g/mol. The van der Waals surface area contributed by atoms with Gasteiger partial charge in [0.15, 0.2) is 5.58 Å². The molecule has 0 aliphatic carbocycles. The smallest absolute Gasteiger partial charge is 0.379 e. The summed E-state index contributed by atoms with van der Waals surface area (Å²) in [5, 5.41) is 4.36. The maximum Gasteiger partial charge on any atom is 0.379 e. The molecule has 16 heavy (non-hydrogen) atoms. The minimum absolute atomic E-state index is 0.176. The molecule has 0 radical (unpaired) electrons. The summed E-state index contributed by atoms with van der Waals surface area (Å²) in [5.74, 6) is -1.54. The van der Waals surface area contributed by atoms with Crippen LogP contribution in [0, 0.1) is 0 Å². The molecule has 0 bridgehead atoms. The van der Waals surface area contributed by atoms with Gasteiger partial charge in [-0.1, -0.05) is 5.16 Å². The number of hydrogen-bond acceptors (Lipinski definition) is 5. The summed E-state index contributed by atoms with van der Waals surface area (Å²) in [7, 11) is 0.